The van der Waals surface area contributed by atoms with Crippen LogP contribution in [0.15, 0.2) is 47.5 Å². The van der Waals surface area contributed by atoms with Gasteiger partial charge in [0.05, 0.1) is 23.4 Å². The summed E-state index contributed by atoms with van der Waals surface area (Å²) in [5.41, 5.74) is 0.904. The highest BCUT2D eigenvalue weighted by Gasteiger charge is 2.18. The molecule has 0 saturated carbocycles. The lowest BCUT2D eigenvalue weighted by atomic mass is 10.2. The van der Waals surface area contributed by atoms with E-state index >= 15 is 0 Å². The monoisotopic (exact) mass is 432 g/mol. The number of benzene rings is 2. The topological polar surface area (TPSA) is 52.8 Å². The summed E-state index contributed by atoms with van der Waals surface area (Å²) >= 11 is 9.26. The molecule has 0 spiro atoms. The predicted octanol–water partition coefficient (Wildman–Crippen LogP) is 4.97. The standard InChI is InChI=1S/C20H17ClN2O3S2/c1-25-11-10-23-17-13(26-2)7-5-9-15(17)28-20(23)22-19(24)18-16(21)12-6-3-4-8-14(12)27-18/h3-9H,10-11H2,1-2H3. The number of amides is 1. The third-order valence-corrected chi connectivity index (χ3v) is 7.04. The van der Waals surface area contributed by atoms with Gasteiger partial charge < -0.3 is 14.0 Å². The van der Waals surface area contributed by atoms with E-state index in [-0.39, 0.29) is 5.91 Å². The molecule has 4 rings (SSSR count). The Hall–Kier alpha value is -2.19. The molecule has 0 atom stereocenters. The summed E-state index contributed by atoms with van der Waals surface area (Å²) in [5.74, 6) is 0.390. The minimum absolute atomic E-state index is 0.345. The van der Waals surface area contributed by atoms with Crippen LogP contribution in [0.25, 0.3) is 20.3 Å². The molecule has 0 aliphatic heterocycles. The first-order valence-corrected chi connectivity index (χ1v) is 10.6. The molecule has 0 aliphatic carbocycles. The van der Waals surface area contributed by atoms with Gasteiger partial charge in [0.2, 0.25) is 0 Å². The van der Waals surface area contributed by atoms with Crippen LogP contribution in [-0.4, -0.2) is 31.3 Å². The second-order valence-corrected chi connectivity index (χ2v) is 8.43. The highest BCUT2D eigenvalue weighted by atomic mass is 35.5. The van der Waals surface area contributed by atoms with Gasteiger partial charge in [0.25, 0.3) is 5.91 Å². The second kappa shape index (κ2) is 8.05. The lowest BCUT2D eigenvalue weighted by molar-refractivity contribution is 0.100. The summed E-state index contributed by atoms with van der Waals surface area (Å²) in [7, 11) is 3.28. The number of aromatic nitrogens is 1. The van der Waals surface area contributed by atoms with Crippen LogP contribution in [0, 0.1) is 0 Å². The van der Waals surface area contributed by atoms with E-state index in [1.54, 1.807) is 14.2 Å². The van der Waals surface area contributed by atoms with Gasteiger partial charge in [-0.25, -0.2) is 0 Å². The van der Waals surface area contributed by atoms with Gasteiger partial charge in [-0.3, -0.25) is 4.79 Å². The summed E-state index contributed by atoms with van der Waals surface area (Å²) in [6.07, 6.45) is 0. The van der Waals surface area contributed by atoms with Crippen LogP contribution in [0.3, 0.4) is 0 Å². The van der Waals surface area contributed by atoms with Crippen molar-refractivity contribution in [3.05, 3.63) is 57.2 Å². The Labute approximate surface area is 174 Å². The highest BCUT2D eigenvalue weighted by molar-refractivity contribution is 7.21. The van der Waals surface area contributed by atoms with E-state index in [0.29, 0.717) is 27.9 Å². The van der Waals surface area contributed by atoms with Gasteiger partial charge >= 0.3 is 0 Å². The molecule has 5 nitrogen and oxygen atoms in total. The van der Waals surface area contributed by atoms with Crippen molar-refractivity contribution in [1.82, 2.24) is 4.57 Å². The normalized spacial score (nSPS) is 12.2. The minimum Gasteiger partial charge on any atom is -0.495 e. The number of ether oxygens (including phenoxy) is 2. The van der Waals surface area contributed by atoms with Crippen LogP contribution >= 0.6 is 34.3 Å². The number of hydrogen-bond donors (Lipinski definition) is 0. The number of halogens is 1. The number of fused-ring (bicyclic) bond motifs is 2. The Morgan fingerprint density at radius 1 is 1.11 bits per heavy atom. The van der Waals surface area contributed by atoms with Gasteiger partial charge in [0.1, 0.15) is 16.1 Å². The second-order valence-electron chi connectivity index (χ2n) is 5.99. The summed E-state index contributed by atoms with van der Waals surface area (Å²) in [4.78, 5) is 18.4. The number of hydrogen-bond acceptors (Lipinski definition) is 5. The average molecular weight is 433 g/mol. The smallest absolute Gasteiger partial charge is 0.291 e. The zero-order chi connectivity index (χ0) is 19.7. The first kappa shape index (κ1) is 19.1. The maximum absolute atomic E-state index is 13.0. The van der Waals surface area contributed by atoms with Gasteiger partial charge in [-0.2, -0.15) is 4.99 Å². The molecule has 8 heteroatoms. The molecule has 0 unspecified atom stereocenters. The molecule has 0 aliphatic rings. The average Bonchev–Trinajstić information content (AvgIpc) is 3.24. The van der Waals surface area contributed by atoms with Crippen LogP contribution in [0.1, 0.15) is 9.67 Å². The highest BCUT2D eigenvalue weighted by Crippen LogP contribution is 2.35. The molecule has 0 fully saturated rings. The Balaban J connectivity index is 1.88. The molecule has 0 N–H and O–H groups in total. The largest absolute Gasteiger partial charge is 0.495 e. The first-order chi connectivity index (χ1) is 13.6. The van der Waals surface area contributed by atoms with E-state index in [2.05, 4.69) is 4.99 Å². The number of carbonyl (C=O) groups excluding carboxylic acids is 1. The van der Waals surface area contributed by atoms with Crippen molar-refractivity contribution in [3.63, 3.8) is 0 Å². The Bertz CT molecular complexity index is 1240. The van der Waals surface area contributed by atoms with Crippen LogP contribution < -0.4 is 9.54 Å². The van der Waals surface area contributed by atoms with Gasteiger partial charge in [0, 0.05) is 23.7 Å². The van der Waals surface area contributed by atoms with E-state index in [1.165, 1.54) is 22.7 Å². The maximum atomic E-state index is 13.0. The third kappa shape index (κ3) is 3.35. The van der Waals surface area contributed by atoms with Gasteiger partial charge in [0.15, 0.2) is 4.80 Å². The van der Waals surface area contributed by atoms with E-state index < -0.39 is 0 Å². The maximum Gasteiger partial charge on any atom is 0.291 e. The molecule has 4 aromatic rings. The van der Waals surface area contributed by atoms with Crippen molar-refractivity contribution in [2.75, 3.05) is 20.8 Å². The molecular weight excluding hydrogens is 416 g/mol. The van der Waals surface area contributed by atoms with E-state index in [9.17, 15) is 4.79 Å². The fourth-order valence-corrected chi connectivity index (χ4v) is 5.50. The number of methoxy groups -OCH3 is 2. The number of para-hydroxylation sites is 1. The van der Waals surface area contributed by atoms with Crippen LogP contribution in [-0.2, 0) is 11.3 Å². The number of thiophene rings is 1. The molecule has 144 valence electrons. The summed E-state index contributed by atoms with van der Waals surface area (Å²) in [5, 5.41) is 1.33. The zero-order valence-electron chi connectivity index (χ0n) is 15.3. The van der Waals surface area contributed by atoms with Crippen molar-refractivity contribution >= 4 is 60.5 Å². The number of rotatable bonds is 5. The molecule has 0 radical (unpaired) electrons. The summed E-state index contributed by atoms with van der Waals surface area (Å²) < 4.78 is 14.7. The van der Waals surface area contributed by atoms with E-state index in [1.807, 2.05) is 47.0 Å². The molecule has 0 bridgehead atoms. The van der Waals surface area contributed by atoms with Gasteiger partial charge in [-0.1, -0.05) is 47.2 Å². The van der Waals surface area contributed by atoms with Crippen molar-refractivity contribution in [2.24, 2.45) is 4.99 Å². The van der Waals surface area contributed by atoms with Crippen molar-refractivity contribution in [3.8, 4) is 5.75 Å². The lowest BCUT2D eigenvalue weighted by Crippen LogP contribution is -2.19. The fourth-order valence-electron chi connectivity index (χ4n) is 3.03. The molecule has 1 amide bonds. The zero-order valence-corrected chi connectivity index (χ0v) is 17.7. The molecule has 2 aromatic carbocycles. The summed E-state index contributed by atoms with van der Waals surface area (Å²) in [6.45, 7) is 1.05. The fraction of sp³-hybridized carbons (Fsp3) is 0.200. The minimum atomic E-state index is -0.345. The lowest BCUT2D eigenvalue weighted by Gasteiger charge is -2.07. The van der Waals surface area contributed by atoms with Crippen molar-refractivity contribution in [2.45, 2.75) is 6.54 Å². The van der Waals surface area contributed by atoms with Gasteiger partial charge in [-0.15, -0.1) is 11.3 Å². The molecule has 2 heterocycles. The Kier molecular flexibility index (Phi) is 5.50. The van der Waals surface area contributed by atoms with E-state index in [4.69, 9.17) is 21.1 Å². The molecular formula is C20H17ClN2O3S2. The van der Waals surface area contributed by atoms with Crippen LogP contribution in [0.5, 0.6) is 5.75 Å². The molecule has 28 heavy (non-hydrogen) atoms. The van der Waals surface area contributed by atoms with Crippen molar-refractivity contribution < 1.29 is 14.3 Å². The number of carbonyl (C=O) groups is 1. The summed E-state index contributed by atoms with van der Waals surface area (Å²) in [6, 6.07) is 13.5. The number of thiazole rings is 1. The molecule has 2 aromatic heterocycles. The predicted molar refractivity (Wildman–Crippen MR) is 115 cm³/mol. The SMILES string of the molecule is COCCn1c(=NC(=O)c2sc3ccccc3c2Cl)sc2cccc(OC)c21. The first-order valence-electron chi connectivity index (χ1n) is 8.55. The van der Waals surface area contributed by atoms with Crippen LogP contribution in [0.2, 0.25) is 5.02 Å². The van der Waals surface area contributed by atoms with Crippen LogP contribution in [0.4, 0.5) is 0 Å². The Morgan fingerprint density at radius 2 is 1.89 bits per heavy atom. The third-order valence-electron chi connectivity index (χ3n) is 4.33. The molecule has 0 saturated heterocycles. The Morgan fingerprint density at radius 3 is 2.64 bits per heavy atom. The van der Waals surface area contributed by atoms with E-state index in [0.717, 1.165) is 26.1 Å². The number of nitrogens with zero attached hydrogens (tertiary/aromatic N) is 2. The van der Waals surface area contributed by atoms with Gasteiger partial charge in [-0.05, 0) is 18.2 Å². The quantitative estimate of drug-likeness (QED) is 0.447. The van der Waals surface area contributed by atoms with Crippen molar-refractivity contribution in [1.29, 1.82) is 0 Å².